The summed E-state index contributed by atoms with van der Waals surface area (Å²) in [6.07, 6.45) is 1.56. The zero-order chi connectivity index (χ0) is 40.7. The third-order valence-electron chi connectivity index (χ3n) is 11.1. The highest BCUT2D eigenvalue weighted by Crippen LogP contribution is 2.48. The second-order valence-electron chi connectivity index (χ2n) is 14.4. The fourth-order valence-corrected chi connectivity index (χ4v) is 8.49. The van der Waals surface area contributed by atoms with Crippen LogP contribution in [0, 0.1) is 0 Å². The Morgan fingerprint density at radius 3 is 1.58 bits per heavy atom. The van der Waals surface area contributed by atoms with Gasteiger partial charge in [-0.25, -0.2) is 20.4 Å². The zero-order valence-corrected chi connectivity index (χ0v) is 33.4. The minimum atomic E-state index is -1.12. The van der Waals surface area contributed by atoms with E-state index >= 15 is 0 Å². The number of methoxy groups -OCH3 is 1. The van der Waals surface area contributed by atoms with E-state index in [2.05, 4.69) is 72.2 Å². The summed E-state index contributed by atoms with van der Waals surface area (Å²) >= 11 is 0. The van der Waals surface area contributed by atoms with Gasteiger partial charge >= 0.3 is 0 Å². The van der Waals surface area contributed by atoms with Crippen LogP contribution in [0.25, 0.3) is 11.2 Å². The first-order chi connectivity index (χ1) is 29.1. The lowest BCUT2D eigenvalue weighted by Crippen LogP contribution is -2.39. The highest BCUT2D eigenvalue weighted by Gasteiger charge is 2.44. The summed E-state index contributed by atoms with van der Waals surface area (Å²) in [5.41, 5.74) is 7.68. The van der Waals surface area contributed by atoms with Crippen LogP contribution >= 0.6 is 0 Å². The number of nitrogens with one attached hydrogen (secondary N) is 1. The van der Waals surface area contributed by atoms with E-state index in [0.29, 0.717) is 35.0 Å². The molecule has 0 spiro atoms. The van der Waals surface area contributed by atoms with E-state index in [4.69, 9.17) is 29.3 Å². The number of aliphatic hydroxyl groups excluding tert-OH is 1. The molecule has 8 aromatic rings. The molecule has 2 heterocycles. The van der Waals surface area contributed by atoms with Gasteiger partial charge in [-0.3, -0.25) is 4.84 Å². The topological polar surface area (TPSA) is 104 Å². The molecule has 0 aliphatic heterocycles. The van der Waals surface area contributed by atoms with E-state index in [1.807, 2.05) is 121 Å². The Morgan fingerprint density at radius 1 is 0.627 bits per heavy atom. The highest BCUT2D eigenvalue weighted by molar-refractivity contribution is 5.83. The van der Waals surface area contributed by atoms with Gasteiger partial charge in [0, 0.05) is 12.2 Å². The number of hydrogen-bond acceptors (Lipinski definition) is 8. The molecule has 8 rings (SSSR count). The molecule has 0 saturated carbocycles. The Hall–Kier alpha value is -6.65. The van der Waals surface area contributed by atoms with Gasteiger partial charge in [0.2, 0.25) is 0 Å². The molecule has 0 fully saturated rings. The molecule has 9 heteroatoms. The molecule has 0 saturated heterocycles. The smallest absolute Gasteiger partial charge is 0.181 e. The Morgan fingerprint density at radius 2 is 1.10 bits per heavy atom. The first-order valence-electron chi connectivity index (χ1n) is 19.8. The van der Waals surface area contributed by atoms with E-state index in [1.54, 1.807) is 20.5 Å². The molecular weight excluding hydrogens is 735 g/mol. The van der Waals surface area contributed by atoms with Gasteiger partial charge in [-0.05, 0) is 47.2 Å². The number of anilines is 1. The number of ether oxygens (including phenoxy) is 2. The normalized spacial score (nSPS) is 12.9. The van der Waals surface area contributed by atoms with Crippen LogP contribution in [0.5, 0.6) is 5.75 Å². The van der Waals surface area contributed by atoms with Crippen molar-refractivity contribution in [3.63, 3.8) is 0 Å². The molecule has 0 bridgehead atoms. The van der Waals surface area contributed by atoms with Crippen molar-refractivity contribution in [2.75, 3.05) is 26.3 Å². The van der Waals surface area contributed by atoms with Crippen molar-refractivity contribution >= 4 is 17.0 Å². The molecule has 9 nitrogen and oxygen atoms in total. The lowest BCUT2D eigenvalue weighted by molar-refractivity contribution is -0.0655. The van der Waals surface area contributed by atoms with Crippen LogP contribution in [0.2, 0.25) is 0 Å². The Bertz CT molecular complexity index is 2440. The van der Waals surface area contributed by atoms with Crippen molar-refractivity contribution in [2.24, 2.45) is 0 Å². The van der Waals surface area contributed by atoms with Gasteiger partial charge in [-0.2, -0.15) is 0 Å². The largest absolute Gasteiger partial charge is 0.496 e. The summed E-state index contributed by atoms with van der Waals surface area (Å²) in [6.45, 7) is 1.93. The van der Waals surface area contributed by atoms with Gasteiger partial charge in [0.05, 0.1) is 32.7 Å². The van der Waals surface area contributed by atoms with Crippen LogP contribution < -0.4 is 10.2 Å². The molecule has 2 atom stereocenters. The first-order valence-corrected chi connectivity index (χ1v) is 19.8. The predicted octanol–water partition coefficient (Wildman–Crippen LogP) is 9.51. The van der Waals surface area contributed by atoms with Crippen molar-refractivity contribution in [1.29, 1.82) is 0 Å². The van der Waals surface area contributed by atoms with Crippen molar-refractivity contribution in [3.05, 3.63) is 221 Å². The third kappa shape index (κ3) is 7.14. The quantitative estimate of drug-likeness (QED) is 0.0739. The molecule has 6 aromatic carbocycles. The molecule has 296 valence electrons. The van der Waals surface area contributed by atoms with Gasteiger partial charge in [0.15, 0.2) is 22.8 Å². The van der Waals surface area contributed by atoms with Crippen LogP contribution in [0.15, 0.2) is 182 Å². The Labute approximate surface area is 344 Å². The van der Waals surface area contributed by atoms with Crippen LogP contribution in [0.4, 0.5) is 5.82 Å². The summed E-state index contributed by atoms with van der Waals surface area (Å²) in [7, 11) is 3.23. The minimum absolute atomic E-state index is 0.112. The molecule has 59 heavy (non-hydrogen) atoms. The average Bonchev–Trinajstić information content (AvgIpc) is 3.73. The van der Waals surface area contributed by atoms with Gasteiger partial charge in [0.1, 0.15) is 16.8 Å². The maximum Gasteiger partial charge on any atom is 0.181 e. The van der Waals surface area contributed by atoms with Gasteiger partial charge in [0.25, 0.3) is 0 Å². The van der Waals surface area contributed by atoms with E-state index in [0.717, 1.165) is 33.4 Å². The number of aromatic nitrogens is 4. The number of fused-ring (bicyclic) bond motifs is 1. The monoisotopic (exact) mass is 781 g/mol. The summed E-state index contributed by atoms with van der Waals surface area (Å²) in [5, 5.41) is 10.8. The number of imidazole rings is 1. The first kappa shape index (κ1) is 39.2. The van der Waals surface area contributed by atoms with Crippen molar-refractivity contribution in [1.82, 2.24) is 19.5 Å². The van der Waals surface area contributed by atoms with Gasteiger partial charge < -0.3 is 19.1 Å². The van der Waals surface area contributed by atoms with Crippen molar-refractivity contribution in [3.8, 4) is 5.75 Å². The molecule has 0 aliphatic rings. The summed E-state index contributed by atoms with van der Waals surface area (Å²) in [6, 6.07) is 58.9. The number of para-hydroxylation sites is 1. The fraction of sp³-hybridized carbons (Fsp3) is 0.180. The maximum absolute atomic E-state index is 10.8. The van der Waals surface area contributed by atoms with Gasteiger partial charge in [-0.15, -0.1) is 0 Å². The van der Waals surface area contributed by atoms with E-state index in [-0.39, 0.29) is 6.61 Å². The highest BCUT2D eigenvalue weighted by atomic mass is 16.6. The number of nitrogens with zero attached hydrogens (tertiary/aromatic N) is 4. The minimum Gasteiger partial charge on any atom is -0.496 e. The molecule has 2 N–H and O–H groups in total. The summed E-state index contributed by atoms with van der Waals surface area (Å²) in [5.74, 6) is 1.61. The van der Waals surface area contributed by atoms with E-state index < -0.39 is 23.2 Å². The number of aliphatic hydroxyl groups is 1. The van der Waals surface area contributed by atoms with Crippen LogP contribution in [-0.4, -0.2) is 51.6 Å². The van der Waals surface area contributed by atoms with E-state index in [1.165, 1.54) is 0 Å². The summed E-state index contributed by atoms with van der Waals surface area (Å²) in [4.78, 5) is 21.2. The lowest BCUT2D eigenvalue weighted by atomic mass is 9.68. The maximum atomic E-state index is 10.8. The standard InChI is InChI=1S/C50H47N5O4/c1-36(59-50(40-27-15-7-16-28-40,41-29-17-8-18-30-41)42-31-19-20-32-44(42)57-2)43(33-34-56)55-35-51-45-46(54-58-3)52-48(53-47(45)55)49(37-21-9-4-10-22-37,38-23-11-5-12-24-38)39-25-13-6-14-26-39/h4-32,35-36,43,56H,33-34H2,1-3H3,(H,52,53,54). The van der Waals surface area contributed by atoms with Crippen LogP contribution in [0.3, 0.4) is 0 Å². The Balaban J connectivity index is 1.37. The molecule has 2 aromatic heterocycles. The SMILES string of the molecule is CONc1nc(C(c2ccccc2)(c2ccccc2)c2ccccc2)nc2c1ncn2C(CCO)C(C)OC(c1ccccc1)(c1ccccc1)c1ccccc1OC. The molecule has 0 amide bonds. The van der Waals surface area contributed by atoms with Gasteiger partial charge in [-0.1, -0.05) is 170 Å². The van der Waals surface area contributed by atoms with Crippen molar-refractivity contribution < 1.29 is 19.4 Å². The van der Waals surface area contributed by atoms with Crippen LogP contribution in [-0.2, 0) is 20.6 Å². The number of hydrogen-bond donors (Lipinski definition) is 2. The van der Waals surface area contributed by atoms with Crippen LogP contribution in [0.1, 0.15) is 58.6 Å². The second kappa shape index (κ2) is 17.5. The fourth-order valence-electron chi connectivity index (χ4n) is 8.49. The number of benzene rings is 6. The molecule has 0 aliphatic carbocycles. The lowest BCUT2D eigenvalue weighted by Gasteiger charge is -2.41. The molecule has 0 radical (unpaired) electrons. The average molecular weight is 782 g/mol. The molecular formula is C50H47N5O4. The summed E-state index contributed by atoms with van der Waals surface area (Å²) < 4.78 is 15.6. The predicted molar refractivity (Wildman–Crippen MR) is 231 cm³/mol. The Kier molecular flexibility index (Phi) is 11.6. The second-order valence-corrected chi connectivity index (χ2v) is 14.4. The van der Waals surface area contributed by atoms with Crippen molar-refractivity contribution in [2.45, 2.75) is 36.5 Å². The third-order valence-corrected chi connectivity index (χ3v) is 11.1. The number of rotatable bonds is 16. The van der Waals surface area contributed by atoms with E-state index in [9.17, 15) is 5.11 Å². The zero-order valence-electron chi connectivity index (χ0n) is 33.4. The molecule has 2 unspecified atom stereocenters.